The van der Waals surface area contributed by atoms with Crippen LogP contribution in [0.1, 0.15) is 6.92 Å². The summed E-state index contributed by atoms with van der Waals surface area (Å²) >= 11 is 3.39. The minimum Gasteiger partial charge on any atom is -0.313 e. The van der Waals surface area contributed by atoms with Gasteiger partial charge in [0.2, 0.25) is 0 Å². The molecular weight excluding hydrogens is 329 g/mol. The molecule has 0 aliphatic heterocycles. The van der Waals surface area contributed by atoms with E-state index >= 15 is 0 Å². The molecule has 11 heteroatoms. The first-order chi connectivity index (χ1) is 8.80. The fraction of sp³-hybridized carbons (Fsp3) is 0.750. The number of hydrogen-bond donors (Lipinski definition) is 0. The number of rotatable bonds is 6. The van der Waals surface area contributed by atoms with Gasteiger partial charge in [0, 0.05) is 21.2 Å². The van der Waals surface area contributed by atoms with Crippen LogP contribution in [0, 0.1) is 0 Å². The molecule has 1 amide bonds. The quantitative estimate of drug-likeness (QED) is 0.181. The minimum absolute atomic E-state index is 0.631. The predicted molar refractivity (Wildman–Crippen MR) is 84.4 cm³/mol. The van der Waals surface area contributed by atoms with Gasteiger partial charge in [-0.3, -0.25) is 9.40 Å². The first-order valence-corrected chi connectivity index (χ1v) is 10.3. The summed E-state index contributed by atoms with van der Waals surface area (Å²) in [5.74, 6) is 0. The van der Waals surface area contributed by atoms with Crippen LogP contribution in [0.4, 0.5) is 4.79 Å². The van der Waals surface area contributed by atoms with Crippen LogP contribution in [0.25, 0.3) is 0 Å². The molecule has 0 aliphatic carbocycles. The van der Waals surface area contributed by atoms with E-state index < -0.39 is 12.8 Å². The van der Waals surface area contributed by atoms with E-state index in [0.717, 1.165) is 23.5 Å². The lowest BCUT2D eigenvalue weighted by Gasteiger charge is -2.25. The van der Waals surface area contributed by atoms with E-state index in [1.807, 2.05) is 6.26 Å². The van der Waals surface area contributed by atoms with E-state index in [1.165, 1.54) is 34.3 Å². The van der Waals surface area contributed by atoms with E-state index in [1.54, 1.807) is 20.2 Å². The first-order valence-electron chi connectivity index (χ1n) is 4.97. The fourth-order valence-electron chi connectivity index (χ4n) is 0.758. The number of oxime groups is 1. The number of carbonyl (C=O) groups is 1. The highest BCUT2D eigenvalue weighted by atomic mass is 32.7. The van der Waals surface area contributed by atoms with Gasteiger partial charge in [-0.25, -0.2) is 9.10 Å². The summed E-state index contributed by atoms with van der Waals surface area (Å²) in [4.78, 5) is 16.3. The Morgan fingerprint density at radius 3 is 2.32 bits per heavy atom. The molecule has 0 fully saturated rings. The molecule has 0 saturated heterocycles. The molecule has 0 spiro atoms. The number of thioether (sulfide) groups is 1. The maximum Gasteiger partial charge on any atom is 0.446 e. The van der Waals surface area contributed by atoms with Gasteiger partial charge in [0.1, 0.15) is 5.04 Å². The zero-order chi connectivity index (χ0) is 15.1. The van der Waals surface area contributed by atoms with Gasteiger partial charge < -0.3 is 4.52 Å². The average Bonchev–Trinajstić information content (AvgIpc) is 2.42. The van der Waals surface area contributed by atoms with E-state index in [9.17, 15) is 9.36 Å². The third-order valence-corrected chi connectivity index (χ3v) is 8.50. The Hall–Kier alpha value is 0.140. The lowest BCUT2D eigenvalue weighted by atomic mass is 10.9. The molecule has 0 aromatic rings. The van der Waals surface area contributed by atoms with E-state index in [0.29, 0.717) is 5.04 Å². The van der Waals surface area contributed by atoms with Crippen LogP contribution >= 0.6 is 42.0 Å². The summed E-state index contributed by atoms with van der Waals surface area (Å²) in [6, 6.07) is 0. The number of hydrogen-bond acceptors (Lipinski definition) is 8. The zero-order valence-corrected chi connectivity index (χ0v) is 15.0. The smallest absolute Gasteiger partial charge is 0.313 e. The van der Waals surface area contributed by atoms with Crippen molar-refractivity contribution in [1.29, 1.82) is 0 Å². The highest BCUT2D eigenvalue weighted by Gasteiger charge is 2.30. The van der Waals surface area contributed by atoms with Gasteiger partial charge in [0.05, 0.1) is 12.1 Å². The molecule has 0 saturated carbocycles. The van der Waals surface area contributed by atoms with Crippen LogP contribution in [0.2, 0.25) is 0 Å². The van der Waals surface area contributed by atoms with E-state index in [2.05, 4.69) is 5.16 Å². The number of amides is 1. The molecule has 0 aromatic carbocycles. The Balaban J connectivity index is 4.49. The van der Waals surface area contributed by atoms with Crippen molar-refractivity contribution in [2.24, 2.45) is 5.16 Å². The average molecular weight is 347 g/mol. The van der Waals surface area contributed by atoms with Crippen molar-refractivity contribution in [3.8, 4) is 0 Å². The molecule has 0 heterocycles. The Morgan fingerprint density at radius 2 is 1.89 bits per heavy atom. The molecule has 19 heavy (non-hydrogen) atoms. The second-order valence-corrected chi connectivity index (χ2v) is 10.3. The highest BCUT2D eigenvalue weighted by Crippen LogP contribution is 2.62. The summed E-state index contributed by atoms with van der Waals surface area (Å²) in [6.07, 6.45) is 2.84. The standard InChI is InChI=1S/C8H18N3O4PS3/c1-7(17-5)9-15-8(12)10(2)19-11(3)16(13,14-4)18-6/h1-6H3. The molecule has 112 valence electrons. The van der Waals surface area contributed by atoms with Crippen LogP contribution < -0.4 is 0 Å². The largest absolute Gasteiger partial charge is 0.446 e. The van der Waals surface area contributed by atoms with E-state index in [-0.39, 0.29) is 0 Å². The number of nitrogens with zero attached hydrogens (tertiary/aromatic N) is 3. The molecule has 7 nitrogen and oxygen atoms in total. The second kappa shape index (κ2) is 9.15. The van der Waals surface area contributed by atoms with Crippen LogP contribution in [-0.4, -0.2) is 53.2 Å². The Kier molecular flexibility index (Phi) is 9.21. The molecule has 1 unspecified atom stereocenters. The molecule has 0 bridgehead atoms. The lowest BCUT2D eigenvalue weighted by molar-refractivity contribution is 0.137. The Bertz CT molecular complexity index is 374. The van der Waals surface area contributed by atoms with Crippen molar-refractivity contribution in [1.82, 2.24) is 8.38 Å². The van der Waals surface area contributed by atoms with Gasteiger partial charge in [-0.05, 0) is 19.4 Å². The maximum atomic E-state index is 12.2. The normalized spacial score (nSPS) is 15.2. The minimum atomic E-state index is -2.99. The first kappa shape index (κ1) is 19.1. The SMILES string of the molecule is COP(=O)(SC)N(C)SN(C)C(=O)ON=C(C)SC. The maximum absolute atomic E-state index is 12.2. The molecule has 0 aromatic heterocycles. The van der Waals surface area contributed by atoms with E-state index in [4.69, 9.17) is 9.36 Å². The van der Waals surface area contributed by atoms with Gasteiger partial charge in [0.25, 0.3) is 0 Å². The number of carbonyl (C=O) groups excluding carboxylic acids is 1. The molecule has 0 N–H and O–H groups in total. The third kappa shape index (κ3) is 6.42. The summed E-state index contributed by atoms with van der Waals surface area (Å²) < 4.78 is 19.7. The molecule has 0 aliphatic rings. The topological polar surface area (TPSA) is 71.4 Å². The van der Waals surface area contributed by atoms with Gasteiger partial charge in [-0.1, -0.05) is 16.5 Å². The van der Waals surface area contributed by atoms with Crippen molar-refractivity contribution < 1.29 is 18.7 Å². The third-order valence-electron chi connectivity index (χ3n) is 1.85. The van der Waals surface area contributed by atoms with Crippen molar-refractivity contribution in [3.05, 3.63) is 0 Å². The Labute approximate surface area is 126 Å². The van der Waals surface area contributed by atoms with Crippen LogP contribution in [-0.2, 0) is 13.9 Å². The monoisotopic (exact) mass is 347 g/mol. The summed E-state index contributed by atoms with van der Waals surface area (Å²) in [7, 11) is 4.43. The zero-order valence-electron chi connectivity index (χ0n) is 11.6. The summed E-state index contributed by atoms with van der Waals surface area (Å²) in [5, 5.41) is 4.26. The summed E-state index contributed by atoms with van der Waals surface area (Å²) in [5.41, 5.74) is 0. The van der Waals surface area contributed by atoms with Crippen LogP contribution in [0.3, 0.4) is 0 Å². The van der Waals surface area contributed by atoms with Gasteiger partial charge >= 0.3 is 12.8 Å². The van der Waals surface area contributed by atoms with Gasteiger partial charge in [0.15, 0.2) is 0 Å². The second-order valence-electron chi connectivity index (χ2n) is 3.05. The van der Waals surface area contributed by atoms with Crippen LogP contribution in [0.15, 0.2) is 5.16 Å². The van der Waals surface area contributed by atoms with Crippen LogP contribution in [0.5, 0.6) is 0 Å². The molecule has 1 atom stereocenters. The van der Waals surface area contributed by atoms with Gasteiger partial charge in [-0.15, -0.1) is 11.8 Å². The highest BCUT2D eigenvalue weighted by molar-refractivity contribution is 8.56. The lowest BCUT2D eigenvalue weighted by Crippen LogP contribution is -2.23. The van der Waals surface area contributed by atoms with Crippen molar-refractivity contribution in [2.45, 2.75) is 6.92 Å². The molecule has 0 radical (unpaired) electrons. The molecule has 0 rings (SSSR count). The van der Waals surface area contributed by atoms with Crippen molar-refractivity contribution >= 4 is 53.1 Å². The molecular formula is C8H18N3O4PS3. The predicted octanol–water partition coefficient (Wildman–Crippen LogP) is 3.36. The Morgan fingerprint density at radius 1 is 1.32 bits per heavy atom. The van der Waals surface area contributed by atoms with Crippen molar-refractivity contribution in [3.63, 3.8) is 0 Å². The fourth-order valence-corrected chi connectivity index (χ4v) is 4.83. The van der Waals surface area contributed by atoms with Gasteiger partial charge in [-0.2, -0.15) is 4.08 Å². The van der Waals surface area contributed by atoms with Crippen molar-refractivity contribution in [2.75, 3.05) is 33.7 Å². The summed E-state index contributed by atoms with van der Waals surface area (Å²) in [6.45, 7) is -1.26.